The monoisotopic (exact) mass is 355 g/mol. The first-order valence-electron chi connectivity index (χ1n) is 9.01. The molecule has 2 heterocycles. The van der Waals surface area contributed by atoms with Crippen LogP contribution in [0.2, 0.25) is 0 Å². The summed E-state index contributed by atoms with van der Waals surface area (Å²) in [6.45, 7) is 11.8. The van der Waals surface area contributed by atoms with Crippen molar-refractivity contribution in [3.63, 3.8) is 0 Å². The van der Waals surface area contributed by atoms with E-state index in [-0.39, 0.29) is 11.5 Å². The van der Waals surface area contributed by atoms with Crippen LogP contribution < -0.4 is 5.73 Å². The fraction of sp³-hybridized carbons (Fsp3) is 0.778. The van der Waals surface area contributed by atoms with Crippen LogP contribution in [0.4, 0.5) is 0 Å². The third-order valence-electron chi connectivity index (χ3n) is 5.33. The molecule has 0 aromatic carbocycles. The molecule has 0 spiro atoms. The van der Waals surface area contributed by atoms with Gasteiger partial charge in [-0.2, -0.15) is 0 Å². The van der Waals surface area contributed by atoms with E-state index in [1.165, 1.54) is 0 Å². The molecule has 1 saturated heterocycles. The van der Waals surface area contributed by atoms with E-state index in [1.54, 1.807) is 0 Å². The van der Waals surface area contributed by atoms with Crippen molar-refractivity contribution < 1.29 is 9.47 Å². The molecule has 0 aromatic rings. The molecular weight excluding hydrogens is 326 g/mol. The number of hydrogen-bond donors (Lipinski definition) is 1. The van der Waals surface area contributed by atoms with Crippen molar-refractivity contribution in [2.45, 2.75) is 32.7 Å². The Hall–Kier alpha value is -0.750. The smallest absolute Gasteiger partial charge is 0.159 e. The molecule has 3 rings (SSSR count). The first-order valence-corrected chi connectivity index (χ1v) is 9.39. The van der Waals surface area contributed by atoms with E-state index in [4.69, 9.17) is 26.8 Å². The lowest BCUT2D eigenvalue weighted by Gasteiger charge is -2.42. The summed E-state index contributed by atoms with van der Waals surface area (Å²) in [5.74, 6) is 1.80. The van der Waals surface area contributed by atoms with Crippen molar-refractivity contribution in [1.82, 2.24) is 9.80 Å². The maximum atomic E-state index is 6.34. The van der Waals surface area contributed by atoms with Gasteiger partial charge in [-0.1, -0.05) is 25.4 Å². The summed E-state index contributed by atoms with van der Waals surface area (Å²) in [7, 11) is 0. The van der Waals surface area contributed by atoms with Crippen molar-refractivity contribution in [3.05, 3.63) is 22.6 Å². The SMILES string of the molecule is CC(C)(CN)CCN1CCN(C2CC(Cl)=CC3=C2OCCO3)CC1. The van der Waals surface area contributed by atoms with Crippen molar-refractivity contribution in [2.24, 2.45) is 11.1 Å². The molecule has 0 saturated carbocycles. The highest BCUT2D eigenvalue weighted by molar-refractivity contribution is 6.29. The third-order valence-corrected chi connectivity index (χ3v) is 5.59. The summed E-state index contributed by atoms with van der Waals surface area (Å²) in [4.78, 5) is 5.03. The molecule has 24 heavy (non-hydrogen) atoms. The standard InChI is InChI=1S/C18H30ClN3O2/c1-18(2,13-20)3-4-21-5-7-22(8-6-21)15-11-14(19)12-16-17(15)24-10-9-23-16/h12,15H,3-11,13,20H2,1-2H3. The van der Waals surface area contributed by atoms with Crippen molar-refractivity contribution in [2.75, 3.05) is 52.5 Å². The van der Waals surface area contributed by atoms with Gasteiger partial charge in [-0.3, -0.25) is 4.90 Å². The highest BCUT2D eigenvalue weighted by Crippen LogP contribution is 2.33. The molecule has 0 amide bonds. The normalized spacial score (nSPS) is 26.5. The van der Waals surface area contributed by atoms with E-state index >= 15 is 0 Å². The zero-order valence-corrected chi connectivity index (χ0v) is 15.6. The van der Waals surface area contributed by atoms with Gasteiger partial charge in [0.1, 0.15) is 13.2 Å². The van der Waals surface area contributed by atoms with Crippen LogP contribution in [0.3, 0.4) is 0 Å². The van der Waals surface area contributed by atoms with Crippen molar-refractivity contribution >= 4 is 11.6 Å². The first-order chi connectivity index (χ1) is 11.5. The first kappa shape index (κ1) is 18.1. The van der Waals surface area contributed by atoms with Crippen LogP contribution in [-0.4, -0.2) is 68.3 Å². The van der Waals surface area contributed by atoms with E-state index in [1.807, 2.05) is 6.08 Å². The van der Waals surface area contributed by atoms with Crippen LogP contribution in [0.5, 0.6) is 0 Å². The molecule has 5 nitrogen and oxygen atoms in total. The average molecular weight is 356 g/mol. The molecule has 0 radical (unpaired) electrons. The molecule has 0 bridgehead atoms. The van der Waals surface area contributed by atoms with Gasteiger partial charge in [0.2, 0.25) is 0 Å². The van der Waals surface area contributed by atoms with Gasteiger partial charge in [0.15, 0.2) is 11.5 Å². The quantitative estimate of drug-likeness (QED) is 0.818. The summed E-state index contributed by atoms with van der Waals surface area (Å²) >= 11 is 6.34. The molecule has 6 heteroatoms. The summed E-state index contributed by atoms with van der Waals surface area (Å²) in [6.07, 6.45) is 3.88. The predicted molar refractivity (Wildman–Crippen MR) is 96.7 cm³/mol. The van der Waals surface area contributed by atoms with Gasteiger partial charge in [0, 0.05) is 37.6 Å². The minimum absolute atomic E-state index is 0.223. The Morgan fingerprint density at radius 3 is 2.62 bits per heavy atom. The number of nitrogens with two attached hydrogens (primary N) is 1. The number of hydrogen-bond acceptors (Lipinski definition) is 5. The maximum Gasteiger partial charge on any atom is 0.159 e. The number of allylic oxidation sites excluding steroid dienone is 1. The van der Waals surface area contributed by atoms with E-state index in [0.29, 0.717) is 13.2 Å². The molecule has 1 atom stereocenters. The van der Waals surface area contributed by atoms with Gasteiger partial charge < -0.3 is 20.1 Å². The molecule has 136 valence electrons. The number of ether oxygens (including phenoxy) is 2. The van der Waals surface area contributed by atoms with Gasteiger partial charge in [0.05, 0.1) is 6.04 Å². The molecule has 2 aliphatic heterocycles. The van der Waals surface area contributed by atoms with Crippen LogP contribution in [-0.2, 0) is 9.47 Å². The van der Waals surface area contributed by atoms with Crippen molar-refractivity contribution in [1.29, 1.82) is 0 Å². The highest BCUT2D eigenvalue weighted by atomic mass is 35.5. The number of halogens is 1. The van der Waals surface area contributed by atoms with Crippen LogP contribution in [0.1, 0.15) is 26.7 Å². The molecule has 0 aromatic heterocycles. The summed E-state index contributed by atoms with van der Waals surface area (Å²) in [5, 5.41) is 0.858. The minimum Gasteiger partial charge on any atom is -0.489 e. The van der Waals surface area contributed by atoms with E-state index in [0.717, 1.165) is 68.7 Å². The fourth-order valence-electron chi connectivity index (χ4n) is 3.45. The summed E-state index contributed by atoms with van der Waals surface area (Å²) < 4.78 is 11.6. The largest absolute Gasteiger partial charge is 0.489 e. The topological polar surface area (TPSA) is 51.0 Å². The minimum atomic E-state index is 0.223. The Morgan fingerprint density at radius 2 is 1.92 bits per heavy atom. The zero-order valence-electron chi connectivity index (χ0n) is 14.9. The van der Waals surface area contributed by atoms with E-state index < -0.39 is 0 Å². The van der Waals surface area contributed by atoms with E-state index in [9.17, 15) is 0 Å². The second kappa shape index (κ2) is 7.65. The summed E-state index contributed by atoms with van der Waals surface area (Å²) in [6, 6.07) is 0.223. The van der Waals surface area contributed by atoms with E-state index in [2.05, 4.69) is 23.6 Å². The number of rotatable bonds is 5. The van der Waals surface area contributed by atoms with Crippen LogP contribution in [0.25, 0.3) is 0 Å². The number of piperazine rings is 1. The van der Waals surface area contributed by atoms with Crippen LogP contribution in [0.15, 0.2) is 22.6 Å². The van der Waals surface area contributed by atoms with Gasteiger partial charge in [-0.15, -0.1) is 0 Å². The Kier molecular flexibility index (Phi) is 5.75. The average Bonchev–Trinajstić information content (AvgIpc) is 2.60. The lowest BCUT2D eigenvalue weighted by Crippen LogP contribution is -2.52. The lowest BCUT2D eigenvalue weighted by atomic mass is 9.89. The van der Waals surface area contributed by atoms with Crippen LogP contribution in [0, 0.1) is 5.41 Å². The third kappa shape index (κ3) is 4.26. The second-order valence-electron chi connectivity index (χ2n) is 7.73. The maximum absolute atomic E-state index is 6.34. The van der Waals surface area contributed by atoms with Gasteiger partial charge in [0.25, 0.3) is 0 Å². The molecule has 1 unspecified atom stereocenters. The molecule has 1 fully saturated rings. The lowest BCUT2D eigenvalue weighted by molar-refractivity contribution is 0.0196. The Morgan fingerprint density at radius 1 is 1.21 bits per heavy atom. The Bertz CT molecular complexity index is 510. The molecule has 2 N–H and O–H groups in total. The van der Waals surface area contributed by atoms with Gasteiger partial charge in [-0.05, 0) is 31.0 Å². The fourth-order valence-corrected chi connectivity index (χ4v) is 3.70. The Labute approximate surface area is 150 Å². The zero-order chi connectivity index (χ0) is 17.2. The van der Waals surface area contributed by atoms with Gasteiger partial charge >= 0.3 is 0 Å². The summed E-state index contributed by atoms with van der Waals surface area (Å²) in [5.41, 5.74) is 6.07. The highest BCUT2D eigenvalue weighted by Gasteiger charge is 2.34. The second-order valence-corrected chi connectivity index (χ2v) is 8.22. The number of nitrogens with zero attached hydrogens (tertiary/aromatic N) is 2. The molecule has 3 aliphatic rings. The van der Waals surface area contributed by atoms with Gasteiger partial charge in [-0.25, -0.2) is 0 Å². The van der Waals surface area contributed by atoms with Crippen molar-refractivity contribution in [3.8, 4) is 0 Å². The Balaban J connectivity index is 1.55. The predicted octanol–water partition coefficient (Wildman–Crippen LogP) is 2.13. The molecule has 1 aliphatic carbocycles. The van der Waals surface area contributed by atoms with Crippen LogP contribution >= 0.6 is 11.6 Å². The molecular formula is C18H30ClN3O2.